The first-order chi connectivity index (χ1) is 7.77. The van der Waals surface area contributed by atoms with Crippen LogP contribution in [0.15, 0.2) is 0 Å². The van der Waals surface area contributed by atoms with Crippen LogP contribution in [0.4, 0.5) is 0 Å². The Morgan fingerprint density at radius 3 is 2.62 bits per heavy atom. The van der Waals surface area contributed by atoms with Crippen LogP contribution < -0.4 is 5.32 Å². The summed E-state index contributed by atoms with van der Waals surface area (Å²) in [5, 5.41) is 5.02. The van der Waals surface area contributed by atoms with E-state index in [9.17, 15) is 4.79 Å². The second kappa shape index (κ2) is 7.63. The fourth-order valence-electron chi connectivity index (χ4n) is 1.88. The Morgan fingerprint density at radius 1 is 1.38 bits per heavy atom. The van der Waals surface area contributed by atoms with Gasteiger partial charge in [-0.1, -0.05) is 26.7 Å². The lowest BCUT2D eigenvalue weighted by atomic mass is 10.00. The SMILES string of the molecule is CCCCC(CC)C(=O)ON1CCNCC1. The van der Waals surface area contributed by atoms with E-state index in [4.69, 9.17) is 4.84 Å². The summed E-state index contributed by atoms with van der Waals surface area (Å²) in [5.41, 5.74) is 0. The third-order valence-electron chi connectivity index (χ3n) is 3.03. The number of hydrogen-bond donors (Lipinski definition) is 1. The number of hydrogen-bond acceptors (Lipinski definition) is 4. The van der Waals surface area contributed by atoms with Crippen LogP contribution in [0.3, 0.4) is 0 Å². The standard InChI is InChI=1S/C12H24N2O2/c1-3-5-6-11(4-2)12(15)16-14-9-7-13-8-10-14/h11,13H,3-10H2,1-2H3. The molecule has 1 aliphatic heterocycles. The molecule has 1 N–H and O–H groups in total. The van der Waals surface area contributed by atoms with Gasteiger partial charge in [0.25, 0.3) is 0 Å². The molecule has 0 radical (unpaired) electrons. The maximum Gasteiger partial charge on any atom is 0.328 e. The van der Waals surface area contributed by atoms with Crippen LogP contribution in [-0.4, -0.2) is 37.2 Å². The number of piperazine rings is 1. The van der Waals surface area contributed by atoms with E-state index in [1.807, 2.05) is 0 Å². The van der Waals surface area contributed by atoms with Gasteiger partial charge in [-0.05, 0) is 12.8 Å². The molecule has 1 aliphatic rings. The molecule has 0 spiro atoms. The average Bonchev–Trinajstić information content (AvgIpc) is 2.31. The second-order valence-electron chi connectivity index (χ2n) is 4.34. The molecule has 0 saturated carbocycles. The summed E-state index contributed by atoms with van der Waals surface area (Å²) in [6, 6.07) is 0. The molecule has 4 nitrogen and oxygen atoms in total. The normalized spacial score (nSPS) is 19.4. The van der Waals surface area contributed by atoms with Crippen molar-refractivity contribution < 1.29 is 9.63 Å². The first kappa shape index (κ1) is 13.5. The number of carbonyl (C=O) groups excluding carboxylic acids is 1. The van der Waals surface area contributed by atoms with Crippen LogP contribution in [-0.2, 0) is 9.63 Å². The monoisotopic (exact) mass is 228 g/mol. The van der Waals surface area contributed by atoms with E-state index in [1.54, 1.807) is 5.06 Å². The summed E-state index contributed by atoms with van der Waals surface area (Å²) in [4.78, 5) is 17.3. The van der Waals surface area contributed by atoms with Crippen molar-refractivity contribution >= 4 is 5.97 Å². The predicted molar refractivity (Wildman–Crippen MR) is 63.8 cm³/mol. The minimum atomic E-state index is -0.0437. The van der Waals surface area contributed by atoms with Gasteiger partial charge in [0.1, 0.15) is 0 Å². The van der Waals surface area contributed by atoms with Crippen molar-refractivity contribution in [2.45, 2.75) is 39.5 Å². The van der Waals surface area contributed by atoms with E-state index in [-0.39, 0.29) is 11.9 Å². The summed E-state index contributed by atoms with van der Waals surface area (Å²) in [6.07, 6.45) is 4.08. The highest BCUT2D eigenvalue weighted by molar-refractivity contribution is 5.72. The summed E-state index contributed by atoms with van der Waals surface area (Å²) >= 11 is 0. The molecule has 1 heterocycles. The molecule has 1 fully saturated rings. The van der Waals surface area contributed by atoms with Crippen LogP contribution >= 0.6 is 0 Å². The maximum atomic E-state index is 11.9. The maximum absolute atomic E-state index is 11.9. The highest BCUT2D eigenvalue weighted by Crippen LogP contribution is 2.15. The second-order valence-corrected chi connectivity index (χ2v) is 4.34. The van der Waals surface area contributed by atoms with Gasteiger partial charge in [-0.15, -0.1) is 5.06 Å². The number of hydroxylamine groups is 2. The van der Waals surface area contributed by atoms with Crippen molar-refractivity contribution in [1.29, 1.82) is 0 Å². The van der Waals surface area contributed by atoms with Crippen molar-refractivity contribution in [2.24, 2.45) is 5.92 Å². The number of nitrogens with one attached hydrogen (secondary N) is 1. The molecule has 1 unspecified atom stereocenters. The average molecular weight is 228 g/mol. The van der Waals surface area contributed by atoms with Gasteiger partial charge >= 0.3 is 5.97 Å². The molecule has 1 rings (SSSR count). The van der Waals surface area contributed by atoms with E-state index < -0.39 is 0 Å². The largest absolute Gasteiger partial charge is 0.368 e. The fourth-order valence-corrected chi connectivity index (χ4v) is 1.88. The van der Waals surface area contributed by atoms with Gasteiger partial charge < -0.3 is 10.2 Å². The van der Waals surface area contributed by atoms with Crippen LogP contribution in [0, 0.1) is 5.92 Å². The molecule has 0 aromatic heterocycles. The van der Waals surface area contributed by atoms with Gasteiger partial charge in [-0.25, -0.2) is 0 Å². The fraction of sp³-hybridized carbons (Fsp3) is 0.917. The van der Waals surface area contributed by atoms with Crippen molar-refractivity contribution in [2.75, 3.05) is 26.2 Å². The van der Waals surface area contributed by atoms with E-state index in [1.165, 1.54) is 0 Å². The molecular formula is C12H24N2O2. The quantitative estimate of drug-likeness (QED) is 0.749. The first-order valence-corrected chi connectivity index (χ1v) is 6.45. The zero-order valence-corrected chi connectivity index (χ0v) is 10.5. The molecule has 0 amide bonds. The third-order valence-corrected chi connectivity index (χ3v) is 3.03. The molecule has 0 bridgehead atoms. The number of carbonyl (C=O) groups is 1. The first-order valence-electron chi connectivity index (χ1n) is 6.45. The smallest absolute Gasteiger partial charge is 0.328 e. The summed E-state index contributed by atoms with van der Waals surface area (Å²) < 4.78 is 0. The Kier molecular flexibility index (Phi) is 6.42. The van der Waals surface area contributed by atoms with Gasteiger partial charge in [0.05, 0.1) is 5.92 Å². The Balaban J connectivity index is 2.29. The minimum absolute atomic E-state index is 0.0437. The number of rotatable bonds is 6. The molecule has 0 aromatic carbocycles. The number of nitrogens with zero attached hydrogens (tertiary/aromatic N) is 1. The van der Waals surface area contributed by atoms with Gasteiger partial charge in [-0.2, -0.15) is 0 Å². The number of unbranched alkanes of at least 4 members (excludes halogenated alkanes) is 1. The highest BCUT2D eigenvalue weighted by atomic mass is 16.7. The lowest BCUT2D eigenvalue weighted by Crippen LogP contribution is -2.45. The van der Waals surface area contributed by atoms with Crippen molar-refractivity contribution in [3.63, 3.8) is 0 Å². The lowest BCUT2D eigenvalue weighted by Gasteiger charge is -2.27. The Hall–Kier alpha value is -0.610. The van der Waals surface area contributed by atoms with E-state index >= 15 is 0 Å². The predicted octanol–water partition coefficient (Wildman–Crippen LogP) is 1.57. The van der Waals surface area contributed by atoms with Crippen LogP contribution in [0.1, 0.15) is 39.5 Å². The van der Waals surface area contributed by atoms with Crippen LogP contribution in [0.25, 0.3) is 0 Å². The van der Waals surface area contributed by atoms with Crippen molar-refractivity contribution in [3.8, 4) is 0 Å². The van der Waals surface area contributed by atoms with Crippen molar-refractivity contribution in [3.05, 3.63) is 0 Å². The highest BCUT2D eigenvalue weighted by Gasteiger charge is 2.21. The Labute approximate surface area is 98.3 Å². The van der Waals surface area contributed by atoms with Crippen LogP contribution in [0.5, 0.6) is 0 Å². The Bertz CT molecular complexity index is 203. The lowest BCUT2D eigenvalue weighted by molar-refractivity contribution is -0.198. The zero-order valence-electron chi connectivity index (χ0n) is 10.5. The van der Waals surface area contributed by atoms with E-state index in [0.29, 0.717) is 0 Å². The molecular weight excluding hydrogens is 204 g/mol. The molecule has 0 aliphatic carbocycles. The van der Waals surface area contributed by atoms with Gasteiger partial charge in [0, 0.05) is 26.2 Å². The van der Waals surface area contributed by atoms with E-state index in [0.717, 1.165) is 51.9 Å². The van der Waals surface area contributed by atoms with E-state index in [2.05, 4.69) is 19.2 Å². The summed E-state index contributed by atoms with van der Waals surface area (Å²) in [7, 11) is 0. The molecule has 0 aromatic rings. The van der Waals surface area contributed by atoms with Crippen LogP contribution in [0.2, 0.25) is 0 Å². The van der Waals surface area contributed by atoms with Gasteiger partial charge in [-0.3, -0.25) is 4.79 Å². The van der Waals surface area contributed by atoms with Gasteiger partial charge in [0.15, 0.2) is 0 Å². The molecule has 1 atom stereocenters. The summed E-state index contributed by atoms with van der Waals surface area (Å²) in [6.45, 7) is 7.61. The van der Waals surface area contributed by atoms with Crippen molar-refractivity contribution in [1.82, 2.24) is 10.4 Å². The minimum Gasteiger partial charge on any atom is -0.368 e. The third kappa shape index (κ3) is 4.49. The molecule has 94 valence electrons. The zero-order chi connectivity index (χ0) is 11.8. The molecule has 1 saturated heterocycles. The molecule has 16 heavy (non-hydrogen) atoms. The Morgan fingerprint density at radius 2 is 2.06 bits per heavy atom. The topological polar surface area (TPSA) is 41.6 Å². The van der Waals surface area contributed by atoms with Gasteiger partial charge in [0.2, 0.25) is 0 Å². The molecule has 4 heteroatoms. The summed E-state index contributed by atoms with van der Waals surface area (Å²) in [5.74, 6) is 0.0349.